The van der Waals surface area contributed by atoms with E-state index in [1.807, 2.05) is 24.1 Å². The minimum Gasteiger partial charge on any atom is -0.357 e. The van der Waals surface area contributed by atoms with Gasteiger partial charge in [0.15, 0.2) is 5.96 Å². The van der Waals surface area contributed by atoms with E-state index in [-0.39, 0.29) is 24.0 Å². The maximum absolute atomic E-state index is 4.67. The van der Waals surface area contributed by atoms with E-state index in [4.69, 9.17) is 0 Å². The second-order valence-corrected chi connectivity index (χ2v) is 4.78. The fraction of sp³-hybridized carbons (Fsp3) is 0.714. The molecule has 1 aromatic heterocycles. The molecule has 0 aromatic carbocycles. The van der Waals surface area contributed by atoms with Crippen molar-refractivity contribution in [1.82, 2.24) is 20.0 Å². The molecule has 20 heavy (non-hydrogen) atoms. The number of halogens is 1. The molecule has 0 spiro atoms. The number of aryl methyl sites for hydroxylation is 1. The molecule has 1 rings (SSSR count). The van der Waals surface area contributed by atoms with Crippen LogP contribution in [0.3, 0.4) is 0 Å². The molecule has 0 saturated carbocycles. The van der Waals surface area contributed by atoms with Crippen molar-refractivity contribution in [3.05, 3.63) is 18.0 Å². The highest BCUT2D eigenvalue weighted by Gasteiger charge is 2.04. The SMILES string of the molecule is CCCCN(C)C(=NCCc1cnn(C)c1)NCC.I. The number of unbranched alkanes of at least 4 members (excludes halogenated alkanes) is 1. The largest absolute Gasteiger partial charge is 0.357 e. The van der Waals surface area contributed by atoms with Gasteiger partial charge in [-0.1, -0.05) is 13.3 Å². The Balaban J connectivity index is 0.00000361. The van der Waals surface area contributed by atoms with Gasteiger partial charge in [0, 0.05) is 39.9 Å². The van der Waals surface area contributed by atoms with Crippen LogP contribution < -0.4 is 5.32 Å². The molecular weight excluding hydrogens is 365 g/mol. The van der Waals surface area contributed by atoms with Gasteiger partial charge >= 0.3 is 0 Å². The summed E-state index contributed by atoms with van der Waals surface area (Å²) in [5, 5.41) is 7.51. The van der Waals surface area contributed by atoms with Crippen LogP contribution in [0, 0.1) is 0 Å². The Kier molecular flexibility index (Phi) is 10.5. The summed E-state index contributed by atoms with van der Waals surface area (Å²) in [7, 11) is 4.04. The number of rotatable bonds is 7. The molecule has 0 bridgehead atoms. The van der Waals surface area contributed by atoms with Gasteiger partial charge in [0.05, 0.1) is 6.20 Å². The average Bonchev–Trinajstić information content (AvgIpc) is 2.80. The fourth-order valence-corrected chi connectivity index (χ4v) is 1.86. The molecule has 0 aliphatic heterocycles. The highest BCUT2D eigenvalue weighted by molar-refractivity contribution is 14.0. The number of nitrogens with one attached hydrogen (secondary N) is 1. The predicted molar refractivity (Wildman–Crippen MR) is 95.8 cm³/mol. The minimum absolute atomic E-state index is 0. The molecule has 0 amide bonds. The van der Waals surface area contributed by atoms with Crippen LogP contribution in [-0.2, 0) is 13.5 Å². The number of guanidine groups is 1. The molecule has 0 aliphatic rings. The van der Waals surface area contributed by atoms with Gasteiger partial charge in [0.25, 0.3) is 0 Å². The van der Waals surface area contributed by atoms with Crippen molar-refractivity contribution in [2.45, 2.75) is 33.1 Å². The third kappa shape index (κ3) is 7.12. The standard InChI is InChI=1S/C14H27N5.HI/c1-5-7-10-18(3)14(15-6-2)16-9-8-13-11-17-19(4)12-13;/h11-12H,5-10H2,1-4H3,(H,15,16);1H. The predicted octanol–water partition coefficient (Wildman–Crippen LogP) is 2.28. The smallest absolute Gasteiger partial charge is 0.193 e. The second-order valence-electron chi connectivity index (χ2n) is 4.78. The van der Waals surface area contributed by atoms with E-state index < -0.39 is 0 Å². The minimum atomic E-state index is 0. The van der Waals surface area contributed by atoms with E-state index in [2.05, 4.69) is 41.2 Å². The molecule has 6 heteroatoms. The Hall–Kier alpha value is -0.790. The monoisotopic (exact) mass is 393 g/mol. The van der Waals surface area contributed by atoms with Crippen molar-refractivity contribution in [3.63, 3.8) is 0 Å². The molecule has 5 nitrogen and oxygen atoms in total. The van der Waals surface area contributed by atoms with Crippen molar-refractivity contribution in [2.75, 3.05) is 26.7 Å². The summed E-state index contributed by atoms with van der Waals surface area (Å²) in [4.78, 5) is 6.87. The van der Waals surface area contributed by atoms with Crippen LogP contribution in [0.4, 0.5) is 0 Å². The van der Waals surface area contributed by atoms with Gasteiger partial charge in [-0.2, -0.15) is 5.10 Å². The van der Waals surface area contributed by atoms with E-state index in [0.717, 1.165) is 32.0 Å². The highest BCUT2D eigenvalue weighted by Crippen LogP contribution is 1.99. The van der Waals surface area contributed by atoms with Gasteiger partial charge in [0.2, 0.25) is 0 Å². The normalized spacial score (nSPS) is 11.1. The summed E-state index contributed by atoms with van der Waals surface area (Å²) in [6, 6.07) is 0. The van der Waals surface area contributed by atoms with Crippen molar-refractivity contribution < 1.29 is 0 Å². The third-order valence-electron chi connectivity index (χ3n) is 2.96. The number of hydrogen-bond donors (Lipinski definition) is 1. The number of aromatic nitrogens is 2. The first-order valence-corrected chi connectivity index (χ1v) is 7.14. The van der Waals surface area contributed by atoms with Gasteiger partial charge < -0.3 is 10.2 Å². The molecule has 1 N–H and O–H groups in total. The maximum Gasteiger partial charge on any atom is 0.193 e. The highest BCUT2D eigenvalue weighted by atomic mass is 127. The lowest BCUT2D eigenvalue weighted by Gasteiger charge is -2.21. The van der Waals surface area contributed by atoms with E-state index >= 15 is 0 Å². The summed E-state index contributed by atoms with van der Waals surface area (Å²) in [5.41, 5.74) is 1.23. The number of nitrogens with zero attached hydrogens (tertiary/aromatic N) is 4. The Morgan fingerprint density at radius 1 is 1.45 bits per heavy atom. The van der Waals surface area contributed by atoms with Gasteiger partial charge in [-0.3, -0.25) is 9.67 Å². The molecule has 0 radical (unpaired) electrons. The van der Waals surface area contributed by atoms with E-state index in [0.29, 0.717) is 0 Å². The average molecular weight is 393 g/mol. The zero-order valence-electron chi connectivity index (χ0n) is 13.1. The lowest BCUT2D eigenvalue weighted by Crippen LogP contribution is -2.39. The molecule has 1 heterocycles. The third-order valence-corrected chi connectivity index (χ3v) is 2.96. The first-order valence-electron chi connectivity index (χ1n) is 7.14. The van der Waals surface area contributed by atoms with Gasteiger partial charge in [0.1, 0.15) is 0 Å². The van der Waals surface area contributed by atoms with Crippen LogP contribution in [0.1, 0.15) is 32.3 Å². The molecule has 0 saturated heterocycles. The van der Waals surface area contributed by atoms with Gasteiger partial charge in [-0.05, 0) is 25.3 Å². The molecule has 1 aromatic rings. The molecule has 116 valence electrons. The number of aliphatic imine (C=N–C) groups is 1. The van der Waals surface area contributed by atoms with Crippen LogP contribution in [-0.4, -0.2) is 47.3 Å². The van der Waals surface area contributed by atoms with Gasteiger partial charge in [-0.15, -0.1) is 24.0 Å². The van der Waals surface area contributed by atoms with Gasteiger partial charge in [-0.25, -0.2) is 0 Å². The topological polar surface area (TPSA) is 45.5 Å². The lowest BCUT2D eigenvalue weighted by atomic mass is 10.2. The summed E-state index contributed by atoms with van der Waals surface area (Å²) in [6.07, 6.45) is 7.29. The Morgan fingerprint density at radius 2 is 2.20 bits per heavy atom. The van der Waals surface area contributed by atoms with Crippen LogP contribution in [0.15, 0.2) is 17.4 Å². The molecule has 0 fully saturated rings. The van der Waals surface area contributed by atoms with Crippen molar-refractivity contribution in [1.29, 1.82) is 0 Å². The van der Waals surface area contributed by atoms with Crippen molar-refractivity contribution in [2.24, 2.45) is 12.0 Å². The fourth-order valence-electron chi connectivity index (χ4n) is 1.86. The first-order chi connectivity index (χ1) is 9.17. The first kappa shape index (κ1) is 19.2. The van der Waals surface area contributed by atoms with Crippen LogP contribution >= 0.6 is 24.0 Å². The van der Waals surface area contributed by atoms with Crippen molar-refractivity contribution in [3.8, 4) is 0 Å². The Bertz CT molecular complexity index is 389. The summed E-state index contributed by atoms with van der Waals surface area (Å²) < 4.78 is 1.83. The Morgan fingerprint density at radius 3 is 2.75 bits per heavy atom. The van der Waals surface area contributed by atoms with Crippen LogP contribution in [0.5, 0.6) is 0 Å². The lowest BCUT2D eigenvalue weighted by molar-refractivity contribution is 0.465. The molecular formula is C14H28IN5. The zero-order valence-corrected chi connectivity index (χ0v) is 15.4. The van der Waals surface area contributed by atoms with Crippen molar-refractivity contribution >= 4 is 29.9 Å². The van der Waals surface area contributed by atoms with Crippen LogP contribution in [0.2, 0.25) is 0 Å². The maximum atomic E-state index is 4.67. The molecule has 0 unspecified atom stereocenters. The molecule has 0 aliphatic carbocycles. The van der Waals surface area contributed by atoms with E-state index in [1.165, 1.54) is 18.4 Å². The van der Waals surface area contributed by atoms with Crippen LogP contribution in [0.25, 0.3) is 0 Å². The van der Waals surface area contributed by atoms with E-state index in [9.17, 15) is 0 Å². The molecule has 0 atom stereocenters. The van der Waals surface area contributed by atoms with E-state index in [1.54, 1.807) is 0 Å². The summed E-state index contributed by atoms with van der Waals surface area (Å²) >= 11 is 0. The zero-order chi connectivity index (χ0) is 14.1. The summed E-state index contributed by atoms with van der Waals surface area (Å²) in [5.74, 6) is 1.000. The summed E-state index contributed by atoms with van der Waals surface area (Å²) in [6.45, 7) is 7.06. The quantitative estimate of drug-likeness (QED) is 0.439. The number of hydrogen-bond acceptors (Lipinski definition) is 2. The Labute approximate surface area is 139 Å². The second kappa shape index (κ2) is 10.9.